The maximum atomic E-state index is 12.6. The fourth-order valence-electron chi connectivity index (χ4n) is 2.74. The van der Waals surface area contributed by atoms with Gasteiger partial charge in [-0.25, -0.2) is 4.79 Å². The summed E-state index contributed by atoms with van der Waals surface area (Å²) in [5.41, 5.74) is 0.916. The minimum absolute atomic E-state index is 0.0601. The number of carbonyl (C=O) groups excluding carboxylic acids is 2. The molecule has 0 radical (unpaired) electrons. The second kappa shape index (κ2) is 8.74. The summed E-state index contributed by atoms with van der Waals surface area (Å²) < 4.78 is 17.0. The van der Waals surface area contributed by atoms with Gasteiger partial charge in [0.15, 0.2) is 6.29 Å². The first kappa shape index (κ1) is 23.0. The Hall–Kier alpha value is -2.08. The Morgan fingerprint density at radius 1 is 1.30 bits per heavy atom. The van der Waals surface area contributed by atoms with Crippen LogP contribution in [0.5, 0.6) is 11.5 Å². The van der Waals surface area contributed by atoms with Crippen molar-refractivity contribution in [2.75, 3.05) is 13.7 Å². The number of ether oxygens (including phenoxy) is 2. The topological polar surface area (TPSA) is 61.8 Å². The van der Waals surface area contributed by atoms with Crippen molar-refractivity contribution in [3.63, 3.8) is 0 Å². The van der Waals surface area contributed by atoms with E-state index in [1.807, 2.05) is 0 Å². The predicted molar refractivity (Wildman–Crippen MR) is 111 cm³/mol. The van der Waals surface area contributed by atoms with Crippen molar-refractivity contribution in [3.8, 4) is 11.5 Å². The van der Waals surface area contributed by atoms with Gasteiger partial charge in [-0.2, -0.15) is 0 Å². The van der Waals surface area contributed by atoms with E-state index in [1.165, 1.54) is 13.2 Å². The van der Waals surface area contributed by atoms with Crippen molar-refractivity contribution < 1.29 is 23.5 Å². The number of carbonyl (C=O) groups is 2. The van der Waals surface area contributed by atoms with Crippen LogP contribution in [-0.2, 0) is 4.74 Å². The van der Waals surface area contributed by atoms with Crippen molar-refractivity contribution in [1.82, 2.24) is 0 Å². The Balaban J connectivity index is 3.58. The highest BCUT2D eigenvalue weighted by molar-refractivity contribution is 6.75. The van der Waals surface area contributed by atoms with Crippen molar-refractivity contribution >= 4 is 20.6 Å². The van der Waals surface area contributed by atoms with Crippen LogP contribution in [0.3, 0.4) is 0 Å². The molecule has 0 aromatic heterocycles. The van der Waals surface area contributed by atoms with E-state index < -0.39 is 14.3 Å². The summed E-state index contributed by atoms with van der Waals surface area (Å²) in [5.74, 6) is 0.640. The molecule has 150 valence electrons. The molecule has 0 amide bonds. The van der Waals surface area contributed by atoms with Crippen LogP contribution in [0.1, 0.15) is 54.0 Å². The molecule has 0 N–H and O–H groups in total. The summed E-state index contributed by atoms with van der Waals surface area (Å²) in [6, 6.07) is 1.69. The third kappa shape index (κ3) is 4.61. The summed E-state index contributed by atoms with van der Waals surface area (Å²) in [6.45, 7) is 18.2. The van der Waals surface area contributed by atoms with Gasteiger partial charge in [-0.15, -0.1) is 0 Å². The highest BCUT2D eigenvalue weighted by Gasteiger charge is 2.45. The molecule has 0 saturated heterocycles. The van der Waals surface area contributed by atoms with E-state index in [2.05, 4.69) is 47.4 Å². The molecule has 0 fully saturated rings. The minimum Gasteiger partial charge on any atom is -0.543 e. The monoisotopic (exact) mass is 392 g/mol. The van der Waals surface area contributed by atoms with E-state index in [0.29, 0.717) is 29.3 Å². The average molecular weight is 393 g/mol. The van der Waals surface area contributed by atoms with E-state index in [0.717, 1.165) is 0 Å². The maximum Gasteiger partial charge on any atom is 0.339 e. The molecular weight excluding hydrogens is 360 g/mol. The SMILES string of the molecule is C=CCOC(=O)c1c(C)c(OC)cc(O[Si](C)(C)C(C)(C)C(C)C)c1C=O. The summed E-state index contributed by atoms with van der Waals surface area (Å²) in [7, 11) is -0.781. The van der Waals surface area contributed by atoms with Crippen molar-refractivity contribution in [3.05, 3.63) is 35.4 Å². The molecular formula is C21H32O5Si. The lowest BCUT2D eigenvalue weighted by Crippen LogP contribution is -2.48. The predicted octanol–water partition coefficient (Wildman–Crippen LogP) is 5.18. The minimum atomic E-state index is -2.30. The summed E-state index contributed by atoms with van der Waals surface area (Å²) in [6.07, 6.45) is 2.13. The molecule has 0 aliphatic heterocycles. The van der Waals surface area contributed by atoms with Crippen molar-refractivity contribution in [2.24, 2.45) is 5.92 Å². The molecule has 0 heterocycles. The van der Waals surface area contributed by atoms with Gasteiger partial charge in [0.05, 0.1) is 18.2 Å². The molecule has 6 heteroatoms. The second-order valence-electron chi connectivity index (χ2n) is 7.98. The number of methoxy groups -OCH3 is 1. The highest BCUT2D eigenvalue weighted by Crippen LogP contribution is 2.46. The molecule has 5 nitrogen and oxygen atoms in total. The third-order valence-corrected chi connectivity index (χ3v) is 10.2. The lowest BCUT2D eigenvalue weighted by Gasteiger charge is -2.42. The van der Waals surface area contributed by atoms with Gasteiger partial charge in [0, 0.05) is 11.6 Å². The molecule has 0 bridgehead atoms. The molecule has 0 aliphatic carbocycles. The summed E-state index contributed by atoms with van der Waals surface area (Å²) >= 11 is 0. The quantitative estimate of drug-likeness (QED) is 0.251. The van der Waals surface area contributed by atoms with Crippen LogP contribution in [0.2, 0.25) is 18.1 Å². The molecule has 1 aromatic rings. The van der Waals surface area contributed by atoms with Crippen molar-refractivity contribution in [2.45, 2.75) is 52.8 Å². The Morgan fingerprint density at radius 2 is 1.89 bits per heavy atom. The maximum absolute atomic E-state index is 12.6. The van der Waals surface area contributed by atoms with E-state index >= 15 is 0 Å². The van der Waals surface area contributed by atoms with Gasteiger partial charge in [0.2, 0.25) is 0 Å². The number of rotatable bonds is 9. The fraction of sp³-hybridized carbons (Fsp3) is 0.524. The zero-order chi connectivity index (χ0) is 21.0. The van der Waals surface area contributed by atoms with Gasteiger partial charge in [-0.05, 0) is 31.0 Å². The number of hydrogen-bond donors (Lipinski definition) is 0. The fourth-order valence-corrected chi connectivity index (χ4v) is 5.11. The number of hydrogen-bond acceptors (Lipinski definition) is 5. The summed E-state index contributed by atoms with van der Waals surface area (Å²) in [5, 5.41) is -0.0607. The van der Waals surface area contributed by atoms with Crippen LogP contribution in [0.25, 0.3) is 0 Å². The van der Waals surface area contributed by atoms with E-state index in [1.54, 1.807) is 13.0 Å². The van der Waals surface area contributed by atoms with Gasteiger partial charge < -0.3 is 13.9 Å². The standard InChI is InChI=1S/C21H32O5Si/c1-10-11-25-20(23)19-15(4)17(24-7)12-18(16(19)13-22)26-27(8,9)21(5,6)14(2)3/h10,12-14H,1,11H2,2-9H3. The molecule has 0 atom stereocenters. The van der Waals surface area contributed by atoms with Gasteiger partial charge in [0.25, 0.3) is 8.32 Å². The van der Waals surface area contributed by atoms with E-state index in [9.17, 15) is 9.59 Å². The number of benzene rings is 1. The first-order valence-electron chi connectivity index (χ1n) is 9.08. The van der Waals surface area contributed by atoms with Crippen LogP contribution >= 0.6 is 0 Å². The number of esters is 1. The third-order valence-electron chi connectivity index (χ3n) is 5.78. The Morgan fingerprint density at radius 3 is 2.33 bits per heavy atom. The average Bonchev–Trinajstić information content (AvgIpc) is 2.59. The van der Waals surface area contributed by atoms with Crippen LogP contribution in [0, 0.1) is 12.8 Å². The van der Waals surface area contributed by atoms with E-state index in [4.69, 9.17) is 13.9 Å². The van der Waals surface area contributed by atoms with Gasteiger partial charge in [0.1, 0.15) is 18.1 Å². The normalized spacial score (nSPS) is 11.9. The van der Waals surface area contributed by atoms with Crippen LogP contribution in [0.15, 0.2) is 18.7 Å². The molecule has 1 aromatic carbocycles. The molecule has 0 aliphatic rings. The van der Waals surface area contributed by atoms with Crippen molar-refractivity contribution in [1.29, 1.82) is 0 Å². The Bertz CT molecular complexity index is 720. The van der Waals surface area contributed by atoms with Gasteiger partial charge >= 0.3 is 5.97 Å². The van der Waals surface area contributed by atoms with E-state index in [-0.39, 0.29) is 22.8 Å². The zero-order valence-corrected chi connectivity index (χ0v) is 18.8. The van der Waals surface area contributed by atoms with Gasteiger partial charge in [-0.3, -0.25) is 4.79 Å². The largest absolute Gasteiger partial charge is 0.543 e. The molecule has 1 rings (SSSR count). The number of aldehydes is 1. The lowest BCUT2D eigenvalue weighted by atomic mass is 9.99. The van der Waals surface area contributed by atoms with Crippen LogP contribution < -0.4 is 9.16 Å². The molecule has 0 saturated carbocycles. The molecule has 27 heavy (non-hydrogen) atoms. The zero-order valence-electron chi connectivity index (χ0n) is 17.8. The lowest BCUT2D eigenvalue weighted by molar-refractivity contribution is 0.0545. The summed E-state index contributed by atoms with van der Waals surface area (Å²) in [4.78, 5) is 24.5. The van der Waals surface area contributed by atoms with Crippen LogP contribution in [0.4, 0.5) is 0 Å². The van der Waals surface area contributed by atoms with Crippen LogP contribution in [-0.4, -0.2) is 34.3 Å². The first-order chi connectivity index (χ1) is 12.4. The van der Waals surface area contributed by atoms with Gasteiger partial charge in [-0.1, -0.05) is 40.3 Å². The Kier molecular flexibility index (Phi) is 7.43. The first-order valence-corrected chi connectivity index (χ1v) is 12.0. The Labute approximate surface area is 163 Å². The smallest absolute Gasteiger partial charge is 0.339 e. The molecule has 0 unspecified atom stereocenters. The second-order valence-corrected chi connectivity index (χ2v) is 12.5. The molecule has 0 spiro atoms. The highest BCUT2D eigenvalue weighted by atomic mass is 28.4.